The summed E-state index contributed by atoms with van der Waals surface area (Å²) in [7, 11) is -1.88. The first kappa shape index (κ1) is 16.7. The minimum atomic E-state index is -3.55. The van der Waals surface area contributed by atoms with Gasteiger partial charge in [-0.1, -0.05) is 0 Å². The van der Waals surface area contributed by atoms with Crippen molar-refractivity contribution in [3.8, 4) is 0 Å². The SMILES string of the molecule is Cc1ccnn1CC(=O)N1CCN(S(=O)(=O)c2cnn(C)c2)CC1. The zero-order chi connectivity index (χ0) is 17.3. The van der Waals surface area contributed by atoms with Crippen LogP contribution in [0.5, 0.6) is 0 Å². The Labute approximate surface area is 140 Å². The second kappa shape index (κ2) is 6.36. The Hall–Kier alpha value is -2.20. The Morgan fingerprint density at radius 3 is 2.46 bits per heavy atom. The summed E-state index contributed by atoms with van der Waals surface area (Å²) in [5.41, 5.74) is 0.918. The van der Waals surface area contributed by atoms with E-state index in [1.165, 1.54) is 21.4 Å². The molecule has 1 amide bonds. The van der Waals surface area contributed by atoms with E-state index in [9.17, 15) is 13.2 Å². The smallest absolute Gasteiger partial charge is 0.246 e. The maximum Gasteiger partial charge on any atom is 0.246 e. The number of hydrogen-bond donors (Lipinski definition) is 0. The van der Waals surface area contributed by atoms with Crippen LogP contribution in [-0.4, -0.2) is 69.3 Å². The van der Waals surface area contributed by atoms with E-state index in [0.717, 1.165) is 5.69 Å². The quantitative estimate of drug-likeness (QED) is 0.737. The van der Waals surface area contributed by atoms with Crippen molar-refractivity contribution in [1.29, 1.82) is 0 Å². The first-order valence-corrected chi connectivity index (χ1v) is 9.07. The average molecular weight is 352 g/mol. The van der Waals surface area contributed by atoms with Crippen LogP contribution in [0.3, 0.4) is 0 Å². The van der Waals surface area contributed by atoms with Crippen molar-refractivity contribution in [3.05, 3.63) is 30.4 Å². The van der Waals surface area contributed by atoms with Crippen LogP contribution in [0.2, 0.25) is 0 Å². The number of carbonyl (C=O) groups is 1. The third-order valence-corrected chi connectivity index (χ3v) is 5.98. The predicted molar refractivity (Wildman–Crippen MR) is 85.5 cm³/mol. The van der Waals surface area contributed by atoms with Crippen LogP contribution in [0, 0.1) is 6.92 Å². The third-order valence-electron chi connectivity index (χ3n) is 4.12. The Kier molecular flexibility index (Phi) is 4.41. The van der Waals surface area contributed by atoms with Gasteiger partial charge in [0, 0.05) is 51.3 Å². The summed E-state index contributed by atoms with van der Waals surface area (Å²) in [6.07, 6.45) is 4.47. The van der Waals surface area contributed by atoms with Gasteiger partial charge in [-0.05, 0) is 13.0 Å². The van der Waals surface area contributed by atoms with Crippen molar-refractivity contribution in [2.75, 3.05) is 26.2 Å². The van der Waals surface area contributed by atoms with Gasteiger partial charge >= 0.3 is 0 Å². The fraction of sp³-hybridized carbons (Fsp3) is 0.500. The van der Waals surface area contributed by atoms with Crippen LogP contribution < -0.4 is 0 Å². The van der Waals surface area contributed by atoms with Crippen molar-refractivity contribution in [1.82, 2.24) is 28.8 Å². The number of amides is 1. The number of rotatable bonds is 4. The van der Waals surface area contributed by atoms with Crippen LogP contribution in [0.1, 0.15) is 5.69 Å². The topological polar surface area (TPSA) is 93.3 Å². The maximum absolute atomic E-state index is 12.5. The van der Waals surface area contributed by atoms with Gasteiger partial charge in [0.2, 0.25) is 15.9 Å². The molecule has 3 rings (SSSR count). The van der Waals surface area contributed by atoms with Crippen molar-refractivity contribution < 1.29 is 13.2 Å². The lowest BCUT2D eigenvalue weighted by atomic mass is 10.3. The lowest BCUT2D eigenvalue weighted by Gasteiger charge is -2.33. The molecular formula is C14H20N6O3S. The van der Waals surface area contributed by atoms with E-state index in [-0.39, 0.29) is 30.4 Å². The number of hydrogen-bond acceptors (Lipinski definition) is 5. The van der Waals surface area contributed by atoms with Crippen molar-refractivity contribution in [3.63, 3.8) is 0 Å². The van der Waals surface area contributed by atoms with E-state index >= 15 is 0 Å². The van der Waals surface area contributed by atoms with Gasteiger partial charge in [0.15, 0.2) is 0 Å². The molecule has 0 unspecified atom stereocenters. The molecule has 0 atom stereocenters. The number of aryl methyl sites for hydroxylation is 2. The minimum absolute atomic E-state index is 0.0553. The molecule has 0 N–H and O–H groups in total. The minimum Gasteiger partial charge on any atom is -0.338 e. The molecule has 0 aromatic carbocycles. The first-order valence-electron chi connectivity index (χ1n) is 7.63. The van der Waals surface area contributed by atoms with Crippen LogP contribution in [-0.2, 0) is 28.4 Å². The number of piperazine rings is 1. The molecule has 0 bridgehead atoms. The summed E-state index contributed by atoms with van der Waals surface area (Å²) >= 11 is 0. The van der Waals surface area contributed by atoms with E-state index in [4.69, 9.17) is 0 Å². The molecule has 1 aliphatic heterocycles. The average Bonchev–Trinajstić information content (AvgIpc) is 3.17. The molecule has 1 fully saturated rings. The highest BCUT2D eigenvalue weighted by atomic mass is 32.2. The van der Waals surface area contributed by atoms with E-state index in [2.05, 4.69) is 10.2 Å². The van der Waals surface area contributed by atoms with Crippen LogP contribution >= 0.6 is 0 Å². The molecule has 1 aliphatic rings. The predicted octanol–water partition coefficient (Wildman–Crippen LogP) is -0.542. The molecule has 0 radical (unpaired) electrons. The summed E-state index contributed by atoms with van der Waals surface area (Å²) in [5.74, 6) is -0.0553. The van der Waals surface area contributed by atoms with Crippen LogP contribution in [0.15, 0.2) is 29.6 Å². The highest BCUT2D eigenvalue weighted by molar-refractivity contribution is 7.89. The van der Waals surface area contributed by atoms with E-state index in [0.29, 0.717) is 13.1 Å². The molecule has 1 saturated heterocycles. The summed E-state index contributed by atoms with van der Waals surface area (Å²) in [5, 5.41) is 8.01. The maximum atomic E-state index is 12.5. The molecule has 0 spiro atoms. The largest absolute Gasteiger partial charge is 0.338 e. The van der Waals surface area contributed by atoms with Crippen LogP contribution in [0.4, 0.5) is 0 Å². The summed E-state index contributed by atoms with van der Waals surface area (Å²) in [4.78, 5) is 14.2. The molecule has 2 aromatic rings. The second-order valence-corrected chi connectivity index (χ2v) is 7.70. The lowest BCUT2D eigenvalue weighted by molar-refractivity contribution is -0.133. The monoisotopic (exact) mass is 352 g/mol. The fourth-order valence-corrected chi connectivity index (χ4v) is 4.06. The van der Waals surface area contributed by atoms with Crippen molar-refractivity contribution in [2.24, 2.45) is 7.05 Å². The molecule has 130 valence electrons. The molecule has 2 aromatic heterocycles. The molecule has 0 saturated carbocycles. The highest BCUT2D eigenvalue weighted by Crippen LogP contribution is 2.17. The number of sulfonamides is 1. The normalized spacial score (nSPS) is 16.5. The fourth-order valence-electron chi connectivity index (χ4n) is 2.65. The first-order chi connectivity index (χ1) is 11.4. The lowest BCUT2D eigenvalue weighted by Crippen LogP contribution is -2.51. The van der Waals surface area contributed by atoms with Gasteiger partial charge in [-0.25, -0.2) is 8.42 Å². The van der Waals surface area contributed by atoms with Crippen molar-refractivity contribution >= 4 is 15.9 Å². The molecule has 24 heavy (non-hydrogen) atoms. The van der Waals surface area contributed by atoms with Crippen molar-refractivity contribution in [2.45, 2.75) is 18.4 Å². The highest BCUT2D eigenvalue weighted by Gasteiger charge is 2.31. The molecule has 10 heteroatoms. The van der Waals surface area contributed by atoms with Gasteiger partial charge in [-0.15, -0.1) is 0 Å². The van der Waals surface area contributed by atoms with E-state index in [1.54, 1.807) is 22.8 Å². The standard InChI is InChI=1S/C14H20N6O3S/c1-12-3-4-15-20(12)11-14(21)18-5-7-19(8-6-18)24(22,23)13-9-16-17(2)10-13/h3-4,9-10H,5-8,11H2,1-2H3. The zero-order valence-electron chi connectivity index (χ0n) is 13.7. The van der Waals surface area contributed by atoms with Gasteiger partial charge in [0.25, 0.3) is 0 Å². The molecule has 9 nitrogen and oxygen atoms in total. The molecular weight excluding hydrogens is 332 g/mol. The summed E-state index contributed by atoms with van der Waals surface area (Å²) in [6.45, 7) is 3.37. The second-order valence-electron chi connectivity index (χ2n) is 5.76. The summed E-state index contributed by atoms with van der Waals surface area (Å²) < 4.78 is 29.6. The Morgan fingerprint density at radius 1 is 1.21 bits per heavy atom. The van der Waals surface area contributed by atoms with Gasteiger partial charge in [-0.2, -0.15) is 14.5 Å². The Bertz CT molecular complexity index is 832. The third kappa shape index (κ3) is 3.20. The number of carbonyl (C=O) groups excluding carboxylic acids is 1. The van der Waals surface area contributed by atoms with Gasteiger partial charge < -0.3 is 4.90 Å². The summed E-state index contributed by atoms with van der Waals surface area (Å²) in [6, 6.07) is 1.84. The molecule has 3 heterocycles. The van der Waals surface area contributed by atoms with Gasteiger partial charge in [-0.3, -0.25) is 14.2 Å². The van der Waals surface area contributed by atoms with E-state index < -0.39 is 10.0 Å². The molecule has 0 aliphatic carbocycles. The zero-order valence-corrected chi connectivity index (χ0v) is 14.5. The van der Waals surface area contributed by atoms with Gasteiger partial charge in [0.05, 0.1) is 6.20 Å². The number of nitrogens with zero attached hydrogens (tertiary/aromatic N) is 6. The Morgan fingerprint density at radius 2 is 1.92 bits per heavy atom. The van der Waals surface area contributed by atoms with Crippen LogP contribution in [0.25, 0.3) is 0 Å². The number of aromatic nitrogens is 4. The van der Waals surface area contributed by atoms with Gasteiger partial charge in [0.1, 0.15) is 11.4 Å². The Balaban J connectivity index is 1.61. The van der Waals surface area contributed by atoms with E-state index in [1.807, 2.05) is 13.0 Å².